The quantitative estimate of drug-likeness (QED) is 0.253. The van der Waals surface area contributed by atoms with Gasteiger partial charge in [0.05, 0.1) is 9.26 Å². The predicted molar refractivity (Wildman–Crippen MR) is 130 cm³/mol. The second kappa shape index (κ2) is 9.72. The van der Waals surface area contributed by atoms with Gasteiger partial charge in [0.25, 0.3) is 11.8 Å². The van der Waals surface area contributed by atoms with Gasteiger partial charge in [-0.25, -0.2) is 14.1 Å². The Morgan fingerprint density at radius 1 is 1.03 bits per heavy atom. The van der Waals surface area contributed by atoms with E-state index in [0.717, 1.165) is 20.1 Å². The van der Waals surface area contributed by atoms with E-state index in [1.54, 1.807) is 30.3 Å². The second-order valence-electron chi connectivity index (χ2n) is 7.04. The van der Waals surface area contributed by atoms with Crippen molar-refractivity contribution in [3.63, 3.8) is 0 Å². The van der Waals surface area contributed by atoms with E-state index in [4.69, 9.17) is 16.3 Å². The van der Waals surface area contributed by atoms with Gasteiger partial charge in [0.2, 0.25) is 0 Å². The standard InChI is InChI=1S/C24H15ClFIN2O4/c25-16-7-4-14(5-8-16)13-33-21-9-6-15(11-20(21)27)10-19-22(30)28-24(32)29(23(19)31)18-3-1-2-17(26)12-18/h1-12H,13H2,(H,28,30,32)/b19-10+. The summed E-state index contributed by atoms with van der Waals surface area (Å²) in [6.45, 7) is 0.346. The third-order valence-corrected chi connectivity index (χ3v) is 5.84. The van der Waals surface area contributed by atoms with Gasteiger partial charge in [0.1, 0.15) is 23.7 Å². The Morgan fingerprint density at radius 3 is 2.48 bits per heavy atom. The summed E-state index contributed by atoms with van der Waals surface area (Å²) in [5.74, 6) is -1.65. The summed E-state index contributed by atoms with van der Waals surface area (Å²) in [7, 11) is 0. The van der Waals surface area contributed by atoms with Gasteiger partial charge in [-0.15, -0.1) is 0 Å². The van der Waals surface area contributed by atoms with Crippen LogP contribution >= 0.6 is 34.2 Å². The molecule has 3 aromatic rings. The number of ether oxygens (including phenoxy) is 1. The van der Waals surface area contributed by atoms with Gasteiger partial charge < -0.3 is 4.74 Å². The Labute approximate surface area is 207 Å². The molecule has 0 aromatic heterocycles. The Bertz CT molecular complexity index is 1290. The molecule has 0 saturated carbocycles. The van der Waals surface area contributed by atoms with E-state index in [-0.39, 0.29) is 11.3 Å². The normalized spacial score (nSPS) is 15.1. The molecule has 4 amide bonds. The van der Waals surface area contributed by atoms with Gasteiger partial charge in [-0.3, -0.25) is 14.9 Å². The molecule has 1 N–H and O–H groups in total. The first-order valence-electron chi connectivity index (χ1n) is 9.65. The molecule has 1 heterocycles. The number of anilines is 1. The molecule has 3 aromatic carbocycles. The van der Waals surface area contributed by atoms with E-state index >= 15 is 0 Å². The number of hydrogen-bond donors (Lipinski definition) is 1. The molecule has 4 rings (SSSR count). The Kier molecular flexibility index (Phi) is 6.75. The van der Waals surface area contributed by atoms with Crippen LogP contribution in [0.15, 0.2) is 72.3 Å². The number of carbonyl (C=O) groups is 3. The molecule has 166 valence electrons. The highest BCUT2D eigenvalue weighted by Crippen LogP contribution is 2.26. The third-order valence-electron chi connectivity index (χ3n) is 4.74. The minimum absolute atomic E-state index is 0.0245. The highest BCUT2D eigenvalue weighted by molar-refractivity contribution is 14.1. The van der Waals surface area contributed by atoms with Gasteiger partial charge in [0, 0.05) is 5.02 Å². The zero-order valence-corrected chi connectivity index (χ0v) is 19.8. The van der Waals surface area contributed by atoms with Crippen molar-refractivity contribution in [2.45, 2.75) is 6.61 Å². The van der Waals surface area contributed by atoms with Gasteiger partial charge >= 0.3 is 6.03 Å². The Morgan fingerprint density at radius 2 is 1.79 bits per heavy atom. The van der Waals surface area contributed by atoms with Crippen molar-refractivity contribution in [1.82, 2.24) is 5.32 Å². The summed E-state index contributed by atoms with van der Waals surface area (Å²) < 4.78 is 20.2. The maximum Gasteiger partial charge on any atom is 0.335 e. The lowest BCUT2D eigenvalue weighted by atomic mass is 10.1. The van der Waals surface area contributed by atoms with E-state index < -0.39 is 23.7 Å². The molecule has 0 bridgehead atoms. The van der Waals surface area contributed by atoms with E-state index in [1.807, 2.05) is 12.1 Å². The number of urea groups is 1. The summed E-state index contributed by atoms with van der Waals surface area (Å²) >= 11 is 7.98. The van der Waals surface area contributed by atoms with Crippen molar-refractivity contribution in [3.8, 4) is 5.75 Å². The van der Waals surface area contributed by atoms with E-state index in [1.165, 1.54) is 24.3 Å². The molecule has 1 saturated heterocycles. The molecule has 33 heavy (non-hydrogen) atoms. The average Bonchev–Trinajstić information content (AvgIpc) is 2.77. The lowest BCUT2D eigenvalue weighted by molar-refractivity contribution is -0.122. The minimum atomic E-state index is -0.937. The largest absolute Gasteiger partial charge is 0.488 e. The van der Waals surface area contributed by atoms with E-state index in [9.17, 15) is 18.8 Å². The van der Waals surface area contributed by atoms with Crippen molar-refractivity contribution < 1.29 is 23.5 Å². The number of rotatable bonds is 5. The maximum atomic E-state index is 13.6. The maximum absolute atomic E-state index is 13.6. The van der Waals surface area contributed by atoms with Crippen molar-refractivity contribution in [3.05, 3.63) is 97.8 Å². The van der Waals surface area contributed by atoms with Gasteiger partial charge in [-0.05, 0) is 82.3 Å². The minimum Gasteiger partial charge on any atom is -0.488 e. The van der Waals surface area contributed by atoms with Crippen LogP contribution in [-0.4, -0.2) is 17.8 Å². The lowest BCUT2D eigenvalue weighted by Gasteiger charge is -2.26. The van der Waals surface area contributed by atoms with Crippen LogP contribution in [0.5, 0.6) is 5.75 Å². The molecule has 1 aliphatic rings. The molecule has 0 radical (unpaired) electrons. The summed E-state index contributed by atoms with van der Waals surface area (Å²) in [4.78, 5) is 38.2. The number of amides is 4. The van der Waals surface area contributed by atoms with Crippen LogP contribution in [0.2, 0.25) is 5.02 Å². The zero-order valence-electron chi connectivity index (χ0n) is 16.8. The molecule has 9 heteroatoms. The molecular formula is C24H15ClFIN2O4. The highest BCUT2D eigenvalue weighted by atomic mass is 127. The molecule has 0 spiro atoms. The summed E-state index contributed by atoms with van der Waals surface area (Å²) in [6, 6.07) is 16.5. The van der Waals surface area contributed by atoms with Crippen molar-refractivity contribution in [2.24, 2.45) is 0 Å². The number of benzene rings is 3. The number of imide groups is 2. The number of halogens is 3. The van der Waals surface area contributed by atoms with Gasteiger partial charge in [-0.2, -0.15) is 0 Å². The lowest BCUT2D eigenvalue weighted by Crippen LogP contribution is -2.54. The van der Waals surface area contributed by atoms with Gasteiger partial charge in [-0.1, -0.05) is 35.9 Å². The Balaban J connectivity index is 1.56. The first kappa shape index (κ1) is 22.9. The number of hydrogen-bond acceptors (Lipinski definition) is 4. The Hall–Kier alpha value is -3.24. The first-order valence-corrected chi connectivity index (χ1v) is 11.1. The predicted octanol–water partition coefficient (Wildman–Crippen LogP) is 5.33. The van der Waals surface area contributed by atoms with E-state index in [2.05, 4.69) is 27.9 Å². The molecule has 0 unspecified atom stereocenters. The number of carbonyl (C=O) groups excluding carboxylic acids is 3. The number of nitrogens with zero attached hydrogens (tertiary/aromatic N) is 1. The number of nitrogens with one attached hydrogen (secondary N) is 1. The zero-order chi connectivity index (χ0) is 23.5. The van der Waals surface area contributed by atoms with Crippen LogP contribution in [0.25, 0.3) is 6.08 Å². The summed E-state index contributed by atoms with van der Waals surface area (Å²) in [5, 5.41) is 2.76. The van der Waals surface area contributed by atoms with Crippen LogP contribution in [0.3, 0.4) is 0 Å². The van der Waals surface area contributed by atoms with Crippen molar-refractivity contribution in [1.29, 1.82) is 0 Å². The second-order valence-corrected chi connectivity index (χ2v) is 8.64. The highest BCUT2D eigenvalue weighted by Gasteiger charge is 2.36. The van der Waals surface area contributed by atoms with Crippen LogP contribution in [0, 0.1) is 9.39 Å². The third kappa shape index (κ3) is 5.23. The summed E-state index contributed by atoms with van der Waals surface area (Å²) in [5.41, 5.74) is 1.29. The molecule has 0 atom stereocenters. The van der Waals surface area contributed by atoms with Crippen LogP contribution in [-0.2, 0) is 16.2 Å². The van der Waals surface area contributed by atoms with Crippen LogP contribution in [0.1, 0.15) is 11.1 Å². The fraction of sp³-hybridized carbons (Fsp3) is 0.0417. The fourth-order valence-corrected chi connectivity index (χ4v) is 3.96. The van der Waals surface area contributed by atoms with Crippen molar-refractivity contribution in [2.75, 3.05) is 4.90 Å². The molecule has 6 nitrogen and oxygen atoms in total. The van der Waals surface area contributed by atoms with Crippen LogP contribution in [0.4, 0.5) is 14.9 Å². The first-order chi connectivity index (χ1) is 15.8. The molecule has 0 aliphatic carbocycles. The molecule has 1 aliphatic heterocycles. The topological polar surface area (TPSA) is 75.7 Å². The monoisotopic (exact) mass is 576 g/mol. The molecule has 1 fully saturated rings. The van der Waals surface area contributed by atoms with Crippen molar-refractivity contribution >= 4 is 63.8 Å². The summed E-state index contributed by atoms with van der Waals surface area (Å²) in [6.07, 6.45) is 1.38. The molecular weight excluding hydrogens is 562 g/mol. The smallest absolute Gasteiger partial charge is 0.335 e. The van der Waals surface area contributed by atoms with Crippen LogP contribution < -0.4 is 15.0 Å². The SMILES string of the molecule is O=C1NC(=O)N(c2cccc(F)c2)C(=O)/C1=C/c1ccc(OCc2ccc(Cl)cc2)c(I)c1. The number of barbiturate groups is 1. The fourth-order valence-electron chi connectivity index (χ4n) is 3.14. The van der Waals surface area contributed by atoms with E-state index in [0.29, 0.717) is 22.9 Å². The van der Waals surface area contributed by atoms with Gasteiger partial charge in [0.15, 0.2) is 0 Å². The average molecular weight is 577 g/mol.